The number of aryl methyl sites for hydroxylation is 1. The Morgan fingerprint density at radius 3 is 2.46 bits per heavy atom. The molecule has 0 radical (unpaired) electrons. The fourth-order valence-electron chi connectivity index (χ4n) is 3.74. The van der Waals surface area contributed by atoms with Crippen LogP contribution < -0.4 is 9.47 Å². The van der Waals surface area contributed by atoms with Gasteiger partial charge in [0.25, 0.3) is 5.91 Å². The van der Waals surface area contributed by atoms with Gasteiger partial charge in [-0.15, -0.1) is 0 Å². The van der Waals surface area contributed by atoms with Crippen molar-refractivity contribution in [3.8, 4) is 11.5 Å². The number of rotatable bonds is 8. The number of nitrogens with zero attached hydrogens (tertiary/aromatic N) is 1. The van der Waals surface area contributed by atoms with Crippen molar-refractivity contribution in [3.05, 3.63) is 108 Å². The highest BCUT2D eigenvalue weighted by Gasteiger charge is 2.34. The Bertz CT molecular complexity index is 1600. The maximum atomic E-state index is 12.8. The molecule has 0 atom stereocenters. The molecule has 0 unspecified atom stereocenters. The van der Waals surface area contributed by atoms with Crippen LogP contribution in [0.15, 0.2) is 80.3 Å². The maximum absolute atomic E-state index is 12.8. The molecule has 1 aliphatic rings. The zero-order valence-electron chi connectivity index (χ0n) is 22.2. The number of thioether (sulfide) groups is 1. The summed E-state index contributed by atoms with van der Waals surface area (Å²) in [5, 5.41) is 11.9. The lowest BCUT2D eigenvalue weighted by Gasteiger charge is -2.14. The van der Waals surface area contributed by atoms with Gasteiger partial charge in [-0.3, -0.25) is 4.79 Å². The third kappa shape index (κ3) is 7.35. The van der Waals surface area contributed by atoms with Gasteiger partial charge in [-0.1, -0.05) is 58.7 Å². The van der Waals surface area contributed by atoms with Gasteiger partial charge in [-0.25, -0.2) is 9.79 Å². The molecule has 0 aliphatic carbocycles. The minimum absolute atomic E-state index is 0.0467. The number of hydrogen-bond acceptors (Lipinski definition) is 7. The second-order valence-corrected chi connectivity index (χ2v) is 11.4. The molecule has 4 rings (SSSR count). The molecule has 0 bridgehead atoms. The molecule has 0 fully saturated rings. The predicted molar refractivity (Wildman–Crippen MR) is 166 cm³/mol. The molecule has 3 aromatic carbocycles. The van der Waals surface area contributed by atoms with Crippen molar-refractivity contribution in [2.24, 2.45) is 4.99 Å². The largest absolute Gasteiger partial charge is 0.506 e. The highest BCUT2D eigenvalue weighted by atomic mass is 79.9. The number of hydrogen-bond donors (Lipinski definition) is 1. The van der Waals surface area contributed by atoms with Crippen molar-refractivity contribution >= 4 is 73.9 Å². The molecule has 0 spiro atoms. The first-order valence-electron chi connectivity index (χ1n) is 12.3. The van der Waals surface area contributed by atoms with E-state index in [1.807, 2.05) is 13.0 Å². The Hall–Kier alpha value is -3.24. The van der Waals surface area contributed by atoms with E-state index in [2.05, 4.69) is 20.9 Å². The van der Waals surface area contributed by atoms with Crippen LogP contribution in [-0.2, 0) is 16.1 Å². The molecule has 212 valence electrons. The van der Waals surface area contributed by atoms with Crippen molar-refractivity contribution < 1.29 is 28.9 Å². The molecule has 1 amide bonds. The summed E-state index contributed by atoms with van der Waals surface area (Å²) in [5.41, 5.74) is 2.62. The zero-order chi connectivity index (χ0) is 29.7. The van der Waals surface area contributed by atoms with E-state index in [-0.39, 0.29) is 29.6 Å². The highest BCUT2D eigenvalue weighted by Crippen LogP contribution is 2.42. The molecule has 7 nitrogen and oxygen atoms in total. The average molecular weight is 677 g/mol. The third-order valence-electron chi connectivity index (χ3n) is 5.79. The molecular weight excluding hydrogens is 653 g/mol. The Morgan fingerprint density at radius 2 is 1.80 bits per heavy atom. The van der Waals surface area contributed by atoms with Crippen LogP contribution in [0.2, 0.25) is 10.0 Å². The van der Waals surface area contributed by atoms with Crippen LogP contribution in [-0.4, -0.2) is 35.7 Å². The first-order valence-corrected chi connectivity index (χ1v) is 14.6. The van der Waals surface area contributed by atoms with Crippen molar-refractivity contribution in [2.75, 3.05) is 13.7 Å². The van der Waals surface area contributed by atoms with Crippen molar-refractivity contribution in [2.45, 2.75) is 20.5 Å². The van der Waals surface area contributed by atoms with Crippen LogP contribution in [0.25, 0.3) is 6.08 Å². The third-order valence-corrected chi connectivity index (χ3v) is 8.14. The molecular formula is C30H24BrCl2NO6S. The normalized spacial score (nSPS) is 15.0. The summed E-state index contributed by atoms with van der Waals surface area (Å²) in [4.78, 5) is 30.0. The van der Waals surface area contributed by atoms with Crippen LogP contribution >= 0.6 is 50.9 Å². The summed E-state index contributed by atoms with van der Waals surface area (Å²) < 4.78 is 17.3. The van der Waals surface area contributed by atoms with E-state index in [1.54, 1.807) is 61.5 Å². The van der Waals surface area contributed by atoms with Gasteiger partial charge >= 0.3 is 5.97 Å². The Balaban J connectivity index is 1.65. The second-order valence-electron chi connectivity index (χ2n) is 8.71. The number of methoxy groups -OCH3 is 1. The van der Waals surface area contributed by atoms with Crippen LogP contribution in [0.1, 0.15) is 34.0 Å². The smallest absolute Gasteiger partial charge is 0.344 e. The SMILES string of the molecule is CCOC(=O)C1=C(O)/C(=C/c2cc(Br)c(OCc3ccc(Cl)c(Cl)c3)c(OC)c2)SC1=NC(=O)c1ccc(C)cc1. The predicted octanol–water partition coefficient (Wildman–Crippen LogP) is 8.35. The minimum atomic E-state index is -0.777. The van der Waals surface area contributed by atoms with Crippen molar-refractivity contribution in [1.82, 2.24) is 0 Å². The summed E-state index contributed by atoms with van der Waals surface area (Å²) in [6.07, 6.45) is 1.65. The Labute approximate surface area is 259 Å². The summed E-state index contributed by atoms with van der Waals surface area (Å²) in [6.45, 7) is 3.86. The fraction of sp³-hybridized carbons (Fsp3) is 0.167. The fourth-order valence-corrected chi connectivity index (χ4v) is 5.65. The number of aliphatic imine (C=N–C) groups is 1. The summed E-state index contributed by atoms with van der Waals surface area (Å²) in [6, 6.07) is 15.6. The number of carbonyl (C=O) groups excluding carboxylic acids is 2. The van der Waals surface area contributed by atoms with Gasteiger partial charge in [-0.2, -0.15) is 0 Å². The van der Waals surface area contributed by atoms with E-state index < -0.39 is 11.9 Å². The number of benzene rings is 3. The number of aliphatic hydroxyl groups excluding tert-OH is 1. The Kier molecular flexibility index (Phi) is 10.2. The van der Waals surface area contributed by atoms with E-state index in [4.69, 9.17) is 37.4 Å². The molecule has 11 heteroatoms. The molecule has 0 saturated heterocycles. The first-order chi connectivity index (χ1) is 19.6. The van der Waals surface area contributed by atoms with Gasteiger partial charge in [-0.05, 0) is 83.4 Å². The summed E-state index contributed by atoms with van der Waals surface area (Å²) in [7, 11) is 1.51. The van der Waals surface area contributed by atoms with E-state index >= 15 is 0 Å². The molecule has 3 aromatic rings. The van der Waals surface area contributed by atoms with E-state index in [9.17, 15) is 14.7 Å². The van der Waals surface area contributed by atoms with E-state index in [1.165, 1.54) is 7.11 Å². The van der Waals surface area contributed by atoms with Crippen LogP contribution in [0.4, 0.5) is 0 Å². The minimum Gasteiger partial charge on any atom is -0.506 e. The van der Waals surface area contributed by atoms with E-state index in [0.29, 0.717) is 42.0 Å². The lowest BCUT2D eigenvalue weighted by molar-refractivity contribution is -0.138. The quantitative estimate of drug-likeness (QED) is 0.240. The molecule has 0 saturated carbocycles. The molecule has 1 heterocycles. The second kappa shape index (κ2) is 13.6. The maximum Gasteiger partial charge on any atom is 0.344 e. The zero-order valence-corrected chi connectivity index (χ0v) is 26.1. The average Bonchev–Trinajstić information content (AvgIpc) is 3.24. The van der Waals surface area contributed by atoms with Gasteiger partial charge in [0.15, 0.2) is 11.5 Å². The van der Waals surface area contributed by atoms with Crippen LogP contribution in [0, 0.1) is 6.92 Å². The van der Waals surface area contributed by atoms with Gasteiger partial charge in [0.1, 0.15) is 23.0 Å². The van der Waals surface area contributed by atoms with Crippen molar-refractivity contribution in [1.29, 1.82) is 0 Å². The molecule has 0 aromatic heterocycles. The van der Waals surface area contributed by atoms with Gasteiger partial charge in [0.2, 0.25) is 0 Å². The standard InChI is InChI=1S/C30H24BrCl2NO6S/c1-4-39-30(37)25-26(35)24(41-29(25)34-28(36)19-8-5-16(2)6-9-19)14-18-11-20(31)27(23(13-18)38-3)40-15-17-7-10-21(32)22(33)12-17/h5-14,35H,4,15H2,1-3H3/b24-14-,34-29?. The number of carbonyl (C=O) groups is 2. The number of ether oxygens (including phenoxy) is 3. The van der Waals surface area contributed by atoms with Crippen LogP contribution in [0.5, 0.6) is 11.5 Å². The molecule has 41 heavy (non-hydrogen) atoms. The summed E-state index contributed by atoms with van der Waals surface area (Å²) >= 11 is 16.6. The lowest BCUT2D eigenvalue weighted by Crippen LogP contribution is -2.14. The topological polar surface area (TPSA) is 94.4 Å². The van der Waals surface area contributed by atoms with Crippen LogP contribution in [0.3, 0.4) is 0 Å². The molecule has 1 aliphatic heterocycles. The van der Waals surface area contributed by atoms with Crippen molar-refractivity contribution in [3.63, 3.8) is 0 Å². The first kappa shape index (κ1) is 30.7. The number of amides is 1. The lowest BCUT2D eigenvalue weighted by atomic mass is 10.1. The monoisotopic (exact) mass is 675 g/mol. The highest BCUT2D eigenvalue weighted by molar-refractivity contribution is 9.10. The molecule has 1 N–H and O–H groups in total. The Morgan fingerprint density at radius 1 is 1.07 bits per heavy atom. The summed E-state index contributed by atoms with van der Waals surface area (Å²) in [5.74, 6) is -0.777. The number of aliphatic hydroxyl groups is 1. The van der Waals surface area contributed by atoms with E-state index in [0.717, 1.165) is 22.9 Å². The number of esters is 1. The van der Waals surface area contributed by atoms with Gasteiger partial charge in [0, 0.05) is 5.56 Å². The number of halogens is 3. The van der Waals surface area contributed by atoms with Gasteiger partial charge < -0.3 is 19.3 Å². The van der Waals surface area contributed by atoms with Gasteiger partial charge in [0.05, 0.1) is 33.1 Å².